The molecule has 2 aromatic rings. The van der Waals surface area contributed by atoms with Crippen molar-refractivity contribution >= 4 is 27.5 Å². The van der Waals surface area contributed by atoms with E-state index in [2.05, 4.69) is 21.2 Å². The van der Waals surface area contributed by atoms with Crippen LogP contribution in [0.5, 0.6) is 11.5 Å². The van der Waals surface area contributed by atoms with Crippen molar-refractivity contribution < 1.29 is 14.3 Å². The van der Waals surface area contributed by atoms with E-state index in [1.54, 1.807) is 14.0 Å². The van der Waals surface area contributed by atoms with Gasteiger partial charge in [0.25, 0.3) is 5.91 Å². The molecule has 0 fully saturated rings. The average molecular weight is 378 g/mol. The van der Waals surface area contributed by atoms with E-state index < -0.39 is 6.10 Å². The second kappa shape index (κ2) is 7.51. The molecule has 2 aromatic carbocycles. The van der Waals surface area contributed by atoms with Gasteiger partial charge in [-0.2, -0.15) is 0 Å². The second-order valence-electron chi connectivity index (χ2n) is 5.39. The van der Waals surface area contributed by atoms with Gasteiger partial charge in [-0.15, -0.1) is 0 Å². The summed E-state index contributed by atoms with van der Waals surface area (Å²) in [5.41, 5.74) is 2.79. The molecule has 0 aliphatic rings. The summed E-state index contributed by atoms with van der Waals surface area (Å²) in [6, 6.07) is 11.4. The second-order valence-corrected chi connectivity index (χ2v) is 6.24. The minimum absolute atomic E-state index is 0.235. The zero-order valence-electron chi connectivity index (χ0n) is 13.6. The lowest BCUT2D eigenvalue weighted by Crippen LogP contribution is -2.30. The van der Waals surface area contributed by atoms with Gasteiger partial charge < -0.3 is 14.8 Å². The summed E-state index contributed by atoms with van der Waals surface area (Å²) in [4.78, 5) is 12.4. The molecular formula is C18H20BrNO3. The van der Waals surface area contributed by atoms with E-state index in [0.29, 0.717) is 17.2 Å². The van der Waals surface area contributed by atoms with Crippen molar-refractivity contribution in [3.63, 3.8) is 0 Å². The molecule has 2 rings (SSSR count). The number of carbonyl (C=O) groups is 1. The van der Waals surface area contributed by atoms with Crippen LogP contribution in [0.4, 0.5) is 5.69 Å². The first kappa shape index (κ1) is 17.3. The van der Waals surface area contributed by atoms with Crippen LogP contribution in [0.2, 0.25) is 0 Å². The lowest BCUT2D eigenvalue weighted by Gasteiger charge is -2.17. The summed E-state index contributed by atoms with van der Waals surface area (Å²) in [7, 11) is 1.57. The fourth-order valence-corrected chi connectivity index (χ4v) is 2.69. The number of methoxy groups -OCH3 is 1. The number of rotatable bonds is 5. The quantitative estimate of drug-likeness (QED) is 0.835. The number of hydrogen-bond acceptors (Lipinski definition) is 3. The Kier molecular flexibility index (Phi) is 5.66. The number of nitrogens with one attached hydrogen (secondary N) is 1. The highest BCUT2D eigenvalue weighted by Crippen LogP contribution is 2.28. The molecule has 1 amide bonds. The molecule has 0 heterocycles. The zero-order chi connectivity index (χ0) is 17.0. The monoisotopic (exact) mass is 377 g/mol. The Balaban J connectivity index is 2.10. The largest absolute Gasteiger partial charge is 0.495 e. The van der Waals surface area contributed by atoms with Crippen molar-refractivity contribution in [2.45, 2.75) is 26.9 Å². The molecule has 0 bridgehead atoms. The van der Waals surface area contributed by atoms with Crippen molar-refractivity contribution in [3.05, 3.63) is 52.0 Å². The highest BCUT2D eigenvalue weighted by Gasteiger charge is 2.18. The SMILES string of the molecule is COc1ccc(C)cc1NC(=O)C(C)Oc1ccc(C)cc1Br. The van der Waals surface area contributed by atoms with Crippen LogP contribution >= 0.6 is 15.9 Å². The van der Waals surface area contributed by atoms with E-state index in [4.69, 9.17) is 9.47 Å². The third-order valence-corrected chi connectivity index (χ3v) is 3.99. The minimum atomic E-state index is -0.640. The molecule has 122 valence electrons. The first-order valence-corrected chi connectivity index (χ1v) is 8.08. The number of anilines is 1. The third kappa shape index (κ3) is 4.48. The van der Waals surface area contributed by atoms with Gasteiger partial charge in [0.15, 0.2) is 6.10 Å². The Morgan fingerprint density at radius 1 is 1.09 bits per heavy atom. The summed E-state index contributed by atoms with van der Waals surface area (Å²) in [5, 5.41) is 2.85. The lowest BCUT2D eigenvalue weighted by atomic mass is 10.2. The number of hydrogen-bond donors (Lipinski definition) is 1. The Bertz CT molecular complexity index is 715. The van der Waals surface area contributed by atoms with Crippen LogP contribution in [0, 0.1) is 13.8 Å². The fourth-order valence-electron chi connectivity index (χ4n) is 2.10. The average Bonchev–Trinajstić information content (AvgIpc) is 2.50. The summed E-state index contributed by atoms with van der Waals surface area (Å²) in [6.07, 6.45) is -0.640. The van der Waals surface area contributed by atoms with E-state index in [1.807, 2.05) is 50.2 Å². The van der Waals surface area contributed by atoms with Crippen LogP contribution < -0.4 is 14.8 Å². The van der Waals surface area contributed by atoms with Gasteiger partial charge in [-0.1, -0.05) is 12.1 Å². The smallest absolute Gasteiger partial charge is 0.265 e. The first-order valence-electron chi connectivity index (χ1n) is 7.29. The summed E-state index contributed by atoms with van der Waals surface area (Å²) >= 11 is 3.45. The molecule has 1 N–H and O–H groups in total. The lowest BCUT2D eigenvalue weighted by molar-refractivity contribution is -0.122. The molecule has 4 nitrogen and oxygen atoms in total. The molecule has 0 aliphatic heterocycles. The molecule has 0 aromatic heterocycles. The van der Waals surface area contributed by atoms with Crippen LogP contribution in [-0.2, 0) is 4.79 Å². The first-order chi connectivity index (χ1) is 10.9. The van der Waals surface area contributed by atoms with Gasteiger partial charge in [-0.25, -0.2) is 0 Å². The summed E-state index contributed by atoms with van der Waals surface area (Å²) in [6.45, 7) is 5.66. The van der Waals surface area contributed by atoms with Gasteiger partial charge in [0, 0.05) is 0 Å². The molecule has 0 radical (unpaired) electrons. The van der Waals surface area contributed by atoms with E-state index in [-0.39, 0.29) is 5.91 Å². The van der Waals surface area contributed by atoms with Gasteiger partial charge >= 0.3 is 0 Å². The molecule has 0 aliphatic carbocycles. The van der Waals surface area contributed by atoms with Gasteiger partial charge in [0.05, 0.1) is 17.3 Å². The minimum Gasteiger partial charge on any atom is -0.495 e. The molecule has 1 unspecified atom stereocenters. The Labute approximate surface area is 144 Å². The maximum atomic E-state index is 12.4. The topological polar surface area (TPSA) is 47.6 Å². The third-order valence-electron chi connectivity index (χ3n) is 3.37. The highest BCUT2D eigenvalue weighted by atomic mass is 79.9. The molecule has 0 saturated carbocycles. The number of benzene rings is 2. The fraction of sp³-hybridized carbons (Fsp3) is 0.278. The summed E-state index contributed by atoms with van der Waals surface area (Å²) < 4.78 is 11.8. The molecule has 0 saturated heterocycles. The Morgan fingerprint density at radius 2 is 1.70 bits per heavy atom. The Hall–Kier alpha value is -2.01. The van der Waals surface area contributed by atoms with Crippen molar-refractivity contribution in [3.8, 4) is 11.5 Å². The van der Waals surface area contributed by atoms with Crippen LogP contribution in [0.25, 0.3) is 0 Å². The van der Waals surface area contributed by atoms with Crippen LogP contribution in [0.3, 0.4) is 0 Å². The number of carbonyl (C=O) groups excluding carboxylic acids is 1. The van der Waals surface area contributed by atoms with E-state index in [0.717, 1.165) is 15.6 Å². The van der Waals surface area contributed by atoms with Crippen LogP contribution in [-0.4, -0.2) is 19.1 Å². The normalized spacial score (nSPS) is 11.7. The van der Waals surface area contributed by atoms with Crippen LogP contribution in [0.1, 0.15) is 18.1 Å². The maximum Gasteiger partial charge on any atom is 0.265 e. The number of halogens is 1. The van der Waals surface area contributed by atoms with Crippen LogP contribution in [0.15, 0.2) is 40.9 Å². The maximum absolute atomic E-state index is 12.4. The van der Waals surface area contributed by atoms with E-state index >= 15 is 0 Å². The molecule has 0 spiro atoms. The predicted octanol–water partition coefficient (Wildman–Crippen LogP) is 4.48. The summed E-state index contributed by atoms with van der Waals surface area (Å²) in [5.74, 6) is 1.02. The number of aryl methyl sites for hydroxylation is 2. The number of amides is 1. The van der Waals surface area contributed by atoms with Gasteiger partial charge in [-0.05, 0) is 72.1 Å². The van der Waals surface area contributed by atoms with Gasteiger partial charge in [0.1, 0.15) is 11.5 Å². The zero-order valence-corrected chi connectivity index (χ0v) is 15.2. The highest BCUT2D eigenvalue weighted by molar-refractivity contribution is 9.10. The van der Waals surface area contributed by atoms with Gasteiger partial charge in [0.2, 0.25) is 0 Å². The molecular weight excluding hydrogens is 358 g/mol. The van der Waals surface area contributed by atoms with Crippen molar-refractivity contribution in [1.82, 2.24) is 0 Å². The van der Waals surface area contributed by atoms with Crippen molar-refractivity contribution in [2.75, 3.05) is 12.4 Å². The van der Waals surface area contributed by atoms with Gasteiger partial charge in [-0.3, -0.25) is 4.79 Å². The molecule has 5 heteroatoms. The van der Waals surface area contributed by atoms with E-state index in [9.17, 15) is 4.79 Å². The molecule has 1 atom stereocenters. The number of ether oxygens (including phenoxy) is 2. The Morgan fingerprint density at radius 3 is 2.30 bits per heavy atom. The van der Waals surface area contributed by atoms with Crippen molar-refractivity contribution in [1.29, 1.82) is 0 Å². The molecule has 23 heavy (non-hydrogen) atoms. The predicted molar refractivity (Wildman–Crippen MR) is 95.3 cm³/mol. The van der Waals surface area contributed by atoms with E-state index in [1.165, 1.54) is 0 Å². The standard InChI is InChI=1S/C18H20BrNO3/c1-11-5-7-16(14(19)9-11)23-13(3)18(21)20-15-10-12(2)6-8-17(15)22-4/h5-10,13H,1-4H3,(H,20,21). The van der Waals surface area contributed by atoms with Crippen molar-refractivity contribution in [2.24, 2.45) is 0 Å².